The van der Waals surface area contributed by atoms with Crippen molar-refractivity contribution in [3.8, 4) is 11.4 Å². The van der Waals surface area contributed by atoms with Gasteiger partial charge in [-0.1, -0.05) is 0 Å². The first-order valence-corrected chi connectivity index (χ1v) is 5.84. The van der Waals surface area contributed by atoms with Crippen LogP contribution in [0.2, 0.25) is 0 Å². The summed E-state index contributed by atoms with van der Waals surface area (Å²) in [6.07, 6.45) is -5.17. The van der Waals surface area contributed by atoms with E-state index in [-0.39, 0.29) is 13.0 Å². The number of aromatic nitrogens is 4. The van der Waals surface area contributed by atoms with Gasteiger partial charge in [0.15, 0.2) is 5.82 Å². The number of hydrogen-bond donors (Lipinski definition) is 2. The van der Waals surface area contributed by atoms with Crippen LogP contribution in [0.4, 0.5) is 24.5 Å². The van der Waals surface area contributed by atoms with Crippen LogP contribution in [0, 0.1) is 0 Å². The molecule has 9 heteroatoms. The molecule has 20 heavy (non-hydrogen) atoms. The highest BCUT2D eigenvalue weighted by Gasteiger charge is 2.26. The maximum atomic E-state index is 12.1. The fourth-order valence-corrected chi connectivity index (χ4v) is 1.80. The standard InChI is InChI=1S/C11H13F3N6/c12-11(13,14)2-1-3-20-10(17-18-19-20)7-4-8(15)6-9(16)5-7/h4-6H,1-3,15-16H2. The van der Waals surface area contributed by atoms with E-state index in [1.807, 2.05) is 0 Å². The SMILES string of the molecule is Nc1cc(N)cc(-c2nnnn2CCCC(F)(F)F)c1. The van der Waals surface area contributed by atoms with Crippen LogP contribution in [0.25, 0.3) is 11.4 Å². The summed E-state index contributed by atoms with van der Waals surface area (Å²) in [6, 6.07) is 4.80. The van der Waals surface area contributed by atoms with E-state index in [1.54, 1.807) is 18.2 Å². The number of alkyl halides is 3. The summed E-state index contributed by atoms with van der Waals surface area (Å²) in [6.45, 7) is 0.0660. The normalized spacial score (nSPS) is 11.8. The van der Waals surface area contributed by atoms with E-state index in [9.17, 15) is 13.2 Å². The average Bonchev–Trinajstić information content (AvgIpc) is 2.74. The first-order valence-electron chi connectivity index (χ1n) is 5.84. The summed E-state index contributed by atoms with van der Waals surface area (Å²) in [5.41, 5.74) is 12.8. The van der Waals surface area contributed by atoms with Gasteiger partial charge in [0, 0.05) is 29.9 Å². The molecule has 1 aromatic carbocycles. The van der Waals surface area contributed by atoms with Gasteiger partial charge in [0.25, 0.3) is 0 Å². The Morgan fingerprint density at radius 2 is 1.75 bits per heavy atom. The molecule has 2 rings (SSSR count). The molecule has 0 saturated heterocycles. The Balaban J connectivity index is 2.16. The summed E-state index contributed by atoms with van der Waals surface area (Å²) in [5, 5.41) is 10.9. The molecular weight excluding hydrogens is 273 g/mol. The second-order valence-corrected chi connectivity index (χ2v) is 4.33. The summed E-state index contributed by atoms with van der Waals surface area (Å²) in [7, 11) is 0. The van der Waals surface area contributed by atoms with Gasteiger partial charge < -0.3 is 11.5 Å². The van der Waals surface area contributed by atoms with E-state index < -0.39 is 12.6 Å². The maximum Gasteiger partial charge on any atom is 0.389 e. The van der Waals surface area contributed by atoms with Crippen molar-refractivity contribution in [3.05, 3.63) is 18.2 Å². The minimum absolute atomic E-state index is 0.0660. The highest BCUT2D eigenvalue weighted by atomic mass is 19.4. The number of halogens is 3. The van der Waals surface area contributed by atoms with Crippen molar-refractivity contribution in [2.24, 2.45) is 0 Å². The monoisotopic (exact) mass is 286 g/mol. The predicted molar refractivity (Wildman–Crippen MR) is 67.4 cm³/mol. The van der Waals surface area contributed by atoms with E-state index in [0.717, 1.165) is 0 Å². The lowest BCUT2D eigenvalue weighted by Crippen LogP contribution is -2.10. The van der Waals surface area contributed by atoms with Gasteiger partial charge in [-0.15, -0.1) is 5.10 Å². The molecule has 2 aromatic rings. The van der Waals surface area contributed by atoms with Crippen molar-refractivity contribution in [1.82, 2.24) is 20.2 Å². The molecule has 0 aliphatic rings. The smallest absolute Gasteiger partial charge is 0.389 e. The minimum Gasteiger partial charge on any atom is -0.399 e. The van der Waals surface area contributed by atoms with Crippen LogP contribution in [-0.2, 0) is 6.54 Å². The first-order chi connectivity index (χ1) is 9.35. The Bertz CT molecular complexity index is 572. The van der Waals surface area contributed by atoms with Crippen LogP contribution in [0.15, 0.2) is 18.2 Å². The predicted octanol–water partition coefficient (Wildman–Crippen LogP) is 1.85. The van der Waals surface area contributed by atoms with Crippen molar-refractivity contribution in [3.63, 3.8) is 0 Å². The quantitative estimate of drug-likeness (QED) is 0.836. The largest absolute Gasteiger partial charge is 0.399 e. The Kier molecular flexibility index (Phi) is 3.77. The van der Waals surface area contributed by atoms with Gasteiger partial charge >= 0.3 is 6.18 Å². The molecule has 1 heterocycles. The number of nitrogens with zero attached hydrogens (tertiary/aromatic N) is 4. The summed E-state index contributed by atoms with van der Waals surface area (Å²) >= 11 is 0. The van der Waals surface area contributed by atoms with Gasteiger partial charge in [-0.25, -0.2) is 4.68 Å². The summed E-state index contributed by atoms with van der Waals surface area (Å²) in [5.74, 6) is 0.339. The molecule has 0 radical (unpaired) electrons. The van der Waals surface area contributed by atoms with Crippen LogP contribution in [-0.4, -0.2) is 26.4 Å². The molecule has 0 atom stereocenters. The topological polar surface area (TPSA) is 95.6 Å². The fraction of sp³-hybridized carbons (Fsp3) is 0.364. The second-order valence-electron chi connectivity index (χ2n) is 4.33. The average molecular weight is 286 g/mol. The summed E-state index contributed by atoms with van der Waals surface area (Å²) < 4.78 is 37.7. The number of nitrogen functional groups attached to an aromatic ring is 2. The van der Waals surface area contributed by atoms with Crippen molar-refractivity contribution in [2.45, 2.75) is 25.6 Å². The van der Waals surface area contributed by atoms with Gasteiger partial charge in [-0.2, -0.15) is 13.2 Å². The molecule has 0 aliphatic carbocycles. The molecule has 6 nitrogen and oxygen atoms in total. The molecule has 0 unspecified atom stereocenters. The van der Waals surface area contributed by atoms with E-state index in [4.69, 9.17) is 11.5 Å². The zero-order chi connectivity index (χ0) is 14.8. The number of benzene rings is 1. The molecule has 0 aliphatic heterocycles. The number of aryl methyl sites for hydroxylation is 1. The van der Waals surface area contributed by atoms with Crippen molar-refractivity contribution < 1.29 is 13.2 Å². The van der Waals surface area contributed by atoms with Gasteiger partial charge in [0.1, 0.15) is 0 Å². The van der Waals surface area contributed by atoms with Crippen LogP contribution >= 0.6 is 0 Å². The van der Waals surface area contributed by atoms with Crippen molar-refractivity contribution >= 4 is 11.4 Å². The lowest BCUT2D eigenvalue weighted by atomic mass is 10.1. The van der Waals surface area contributed by atoms with Crippen molar-refractivity contribution in [1.29, 1.82) is 0 Å². The Morgan fingerprint density at radius 1 is 1.10 bits per heavy atom. The zero-order valence-electron chi connectivity index (χ0n) is 10.4. The highest BCUT2D eigenvalue weighted by molar-refractivity contribution is 5.67. The lowest BCUT2D eigenvalue weighted by molar-refractivity contribution is -0.136. The molecule has 108 valence electrons. The molecular formula is C11H13F3N6. The van der Waals surface area contributed by atoms with Crippen LogP contribution in [0.3, 0.4) is 0 Å². The van der Waals surface area contributed by atoms with E-state index >= 15 is 0 Å². The highest BCUT2D eigenvalue weighted by Crippen LogP contribution is 2.24. The second kappa shape index (κ2) is 5.35. The Labute approximate surface area is 112 Å². The molecule has 0 fully saturated rings. The molecule has 0 spiro atoms. The zero-order valence-corrected chi connectivity index (χ0v) is 10.4. The molecule has 0 amide bonds. The fourth-order valence-electron chi connectivity index (χ4n) is 1.80. The molecule has 0 saturated carbocycles. The van der Waals surface area contributed by atoms with E-state index in [1.165, 1.54) is 4.68 Å². The Hall–Kier alpha value is -2.32. The van der Waals surface area contributed by atoms with Crippen LogP contribution < -0.4 is 11.5 Å². The van der Waals surface area contributed by atoms with Gasteiger partial charge in [0.2, 0.25) is 0 Å². The number of nitrogens with two attached hydrogens (primary N) is 2. The molecule has 4 N–H and O–H groups in total. The number of anilines is 2. The van der Waals surface area contributed by atoms with E-state index in [2.05, 4.69) is 15.5 Å². The third kappa shape index (κ3) is 3.59. The van der Waals surface area contributed by atoms with Crippen molar-refractivity contribution in [2.75, 3.05) is 11.5 Å². The van der Waals surface area contributed by atoms with Gasteiger partial charge in [0.05, 0.1) is 0 Å². The third-order valence-corrected chi connectivity index (χ3v) is 2.60. The van der Waals surface area contributed by atoms with Gasteiger partial charge in [-0.05, 0) is 35.0 Å². The number of rotatable bonds is 4. The minimum atomic E-state index is -4.18. The number of hydrogen-bond acceptors (Lipinski definition) is 5. The lowest BCUT2D eigenvalue weighted by Gasteiger charge is -2.08. The maximum absolute atomic E-state index is 12.1. The molecule has 0 bridgehead atoms. The van der Waals surface area contributed by atoms with Crippen LogP contribution in [0.1, 0.15) is 12.8 Å². The number of tetrazole rings is 1. The molecule has 1 aromatic heterocycles. The third-order valence-electron chi connectivity index (χ3n) is 2.60. The van der Waals surface area contributed by atoms with Gasteiger partial charge in [-0.3, -0.25) is 0 Å². The first kappa shape index (κ1) is 14.1. The summed E-state index contributed by atoms with van der Waals surface area (Å²) in [4.78, 5) is 0. The van der Waals surface area contributed by atoms with E-state index in [0.29, 0.717) is 22.8 Å². The van der Waals surface area contributed by atoms with Crippen LogP contribution in [0.5, 0.6) is 0 Å². The Morgan fingerprint density at radius 3 is 2.35 bits per heavy atom.